The van der Waals surface area contributed by atoms with Gasteiger partial charge in [0.25, 0.3) is 5.91 Å². The highest BCUT2D eigenvalue weighted by atomic mass is 79.9. The molecule has 0 bridgehead atoms. The van der Waals surface area contributed by atoms with Crippen LogP contribution < -0.4 is 5.32 Å². The predicted octanol–water partition coefficient (Wildman–Crippen LogP) is 2.41. The fourth-order valence-corrected chi connectivity index (χ4v) is 2.49. The van der Waals surface area contributed by atoms with Gasteiger partial charge in [-0.15, -0.1) is 0 Å². The van der Waals surface area contributed by atoms with Gasteiger partial charge in [0, 0.05) is 24.3 Å². The molecule has 1 amide bonds. The third-order valence-electron chi connectivity index (χ3n) is 3.60. The van der Waals surface area contributed by atoms with Gasteiger partial charge in [0.15, 0.2) is 0 Å². The first-order chi connectivity index (χ1) is 8.86. The number of amides is 1. The summed E-state index contributed by atoms with van der Waals surface area (Å²) in [5.74, 6) is -1.13. The van der Waals surface area contributed by atoms with E-state index in [2.05, 4.69) is 21.2 Å². The van der Waals surface area contributed by atoms with Crippen LogP contribution in [-0.2, 0) is 11.8 Å². The van der Waals surface area contributed by atoms with Crippen LogP contribution in [-0.4, -0.2) is 28.1 Å². The second-order valence-electron chi connectivity index (χ2n) is 4.63. The van der Waals surface area contributed by atoms with E-state index in [0.717, 1.165) is 4.47 Å². The average Bonchev–Trinajstić information content (AvgIpc) is 2.69. The van der Waals surface area contributed by atoms with E-state index in [1.54, 1.807) is 23.9 Å². The van der Waals surface area contributed by atoms with Gasteiger partial charge >= 0.3 is 5.97 Å². The van der Waals surface area contributed by atoms with Crippen LogP contribution >= 0.6 is 15.9 Å². The fraction of sp³-hybridized carbons (Fsp3) is 0.538. The van der Waals surface area contributed by atoms with Crippen LogP contribution in [0.5, 0.6) is 0 Å². The van der Waals surface area contributed by atoms with E-state index in [4.69, 9.17) is 0 Å². The lowest BCUT2D eigenvalue weighted by Gasteiger charge is -2.26. The van der Waals surface area contributed by atoms with Crippen molar-refractivity contribution in [3.63, 3.8) is 0 Å². The van der Waals surface area contributed by atoms with Crippen LogP contribution in [0.15, 0.2) is 16.7 Å². The number of nitrogens with one attached hydrogen (secondary N) is 1. The van der Waals surface area contributed by atoms with Crippen molar-refractivity contribution in [1.29, 1.82) is 0 Å². The summed E-state index contributed by atoms with van der Waals surface area (Å²) in [5, 5.41) is 12.0. The van der Waals surface area contributed by atoms with Gasteiger partial charge < -0.3 is 15.0 Å². The van der Waals surface area contributed by atoms with E-state index >= 15 is 0 Å². The highest BCUT2D eigenvalue weighted by Gasteiger charge is 2.35. The number of hydrogen-bond donors (Lipinski definition) is 2. The molecule has 0 aromatic carbocycles. The molecule has 0 atom stereocenters. The smallest absolute Gasteiger partial charge is 0.311 e. The van der Waals surface area contributed by atoms with Gasteiger partial charge in [0.1, 0.15) is 5.69 Å². The minimum Gasteiger partial charge on any atom is -0.481 e. The number of rotatable bonds is 6. The van der Waals surface area contributed by atoms with Gasteiger partial charge in [-0.25, -0.2) is 0 Å². The number of carbonyl (C=O) groups is 2. The Kier molecular flexibility index (Phi) is 5.17. The second kappa shape index (κ2) is 6.23. The largest absolute Gasteiger partial charge is 0.481 e. The summed E-state index contributed by atoms with van der Waals surface area (Å²) in [6.45, 7) is 3.78. The first-order valence-electron chi connectivity index (χ1n) is 6.19. The van der Waals surface area contributed by atoms with Crippen molar-refractivity contribution in [3.8, 4) is 0 Å². The molecule has 0 fully saturated rings. The third kappa shape index (κ3) is 3.37. The lowest BCUT2D eigenvalue weighted by atomic mass is 9.82. The Labute approximate surface area is 121 Å². The molecule has 1 heterocycles. The van der Waals surface area contributed by atoms with E-state index in [9.17, 15) is 14.7 Å². The number of hydrogen-bond acceptors (Lipinski definition) is 2. The van der Waals surface area contributed by atoms with Crippen molar-refractivity contribution in [2.45, 2.75) is 26.7 Å². The molecule has 0 saturated heterocycles. The Balaban J connectivity index is 2.78. The van der Waals surface area contributed by atoms with Crippen molar-refractivity contribution in [2.75, 3.05) is 6.54 Å². The molecule has 2 N–H and O–H groups in total. The lowest BCUT2D eigenvalue weighted by molar-refractivity contribution is -0.149. The highest BCUT2D eigenvalue weighted by Crippen LogP contribution is 2.26. The average molecular weight is 331 g/mol. The number of carboxylic acid groups (broad SMARTS) is 1. The van der Waals surface area contributed by atoms with Gasteiger partial charge in [-0.1, -0.05) is 13.8 Å². The molecule has 0 spiro atoms. The number of aliphatic carboxylic acids is 1. The van der Waals surface area contributed by atoms with Gasteiger partial charge in [-0.05, 0) is 34.8 Å². The summed E-state index contributed by atoms with van der Waals surface area (Å²) < 4.78 is 2.51. The van der Waals surface area contributed by atoms with Crippen LogP contribution in [0.3, 0.4) is 0 Å². The van der Waals surface area contributed by atoms with Crippen LogP contribution in [0.2, 0.25) is 0 Å². The Morgan fingerprint density at radius 2 is 2.00 bits per heavy atom. The van der Waals surface area contributed by atoms with Crippen LogP contribution in [0.4, 0.5) is 0 Å². The zero-order chi connectivity index (χ0) is 14.6. The minimum atomic E-state index is -0.891. The maximum absolute atomic E-state index is 12.0. The summed E-state index contributed by atoms with van der Waals surface area (Å²) in [5.41, 5.74) is -0.392. The Morgan fingerprint density at radius 3 is 2.37 bits per heavy atom. The third-order valence-corrected chi connectivity index (χ3v) is 4.03. The molecule has 1 aromatic rings. The second-order valence-corrected chi connectivity index (χ2v) is 5.55. The summed E-state index contributed by atoms with van der Waals surface area (Å²) in [4.78, 5) is 23.4. The number of carboxylic acids is 1. The quantitative estimate of drug-likeness (QED) is 0.841. The summed E-state index contributed by atoms with van der Waals surface area (Å²) >= 11 is 3.30. The van der Waals surface area contributed by atoms with E-state index in [1.807, 2.05) is 13.8 Å². The molecular weight excluding hydrogens is 312 g/mol. The topological polar surface area (TPSA) is 71.3 Å². The highest BCUT2D eigenvalue weighted by molar-refractivity contribution is 9.10. The van der Waals surface area contributed by atoms with E-state index < -0.39 is 11.4 Å². The molecule has 6 heteroatoms. The van der Waals surface area contributed by atoms with Gasteiger partial charge in [-0.3, -0.25) is 9.59 Å². The maximum Gasteiger partial charge on any atom is 0.311 e. The molecule has 0 aliphatic heterocycles. The van der Waals surface area contributed by atoms with Crippen LogP contribution in [0.25, 0.3) is 0 Å². The number of nitrogens with zero attached hydrogens (tertiary/aromatic N) is 1. The minimum absolute atomic E-state index is 0.136. The van der Waals surface area contributed by atoms with E-state index in [0.29, 0.717) is 18.5 Å². The summed E-state index contributed by atoms with van der Waals surface area (Å²) in [7, 11) is 1.77. The molecule has 106 valence electrons. The predicted molar refractivity (Wildman–Crippen MR) is 76.1 cm³/mol. The van der Waals surface area contributed by atoms with Crippen LogP contribution in [0.1, 0.15) is 37.2 Å². The van der Waals surface area contributed by atoms with Gasteiger partial charge in [0.05, 0.1) is 5.41 Å². The first kappa shape index (κ1) is 15.8. The summed E-state index contributed by atoms with van der Waals surface area (Å²) in [6.07, 6.45) is 2.74. The Hall–Kier alpha value is -1.30. The summed E-state index contributed by atoms with van der Waals surface area (Å²) in [6, 6.07) is 1.70. The van der Waals surface area contributed by atoms with Gasteiger partial charge in [-0.2, -0.15) is 0 Å². The SMILES string of the molecule is CCC(CC)(CNC(=O)c1cc(Br)cn1C)C(=O)O. The zero-order valence-electron chi connectivity index (χ0n) is 11.4. The van der Waals surface area contributed by atoms with Crippen molar-refractivity contribution < 1.29 is 14.7 Å². The first-order valence-corrected chi connectivity index (χ1v) is 6.99. The van der Waals surface area contributed by atoms with Crippen molar-refractivity contribution >= 4 is 27.8 Å². The molecule has 0 aliphatic rings. The van der Waals surface area contributed by atoms with Crippen LogP contribution in [0, 0.1) is 5.41 Å². The van der Waals surface area contributed by atoms with Crippen molar-refractivity contribution in [2.24, 2.45) is 12.5 Å². The standard InChI is InChI=1S/C13H19BrN2O3/c1-4-13(5-2,12(18)19)8-15-11(17)10-6-9(14)7-16(10)3/h6-7H,4-5,8H2,1-3H3,(H,15,17)(H,18,19). The number of halogens is 1. The normalized spacial score (nSPS) is 11.4. The molecule has 1 aromatic heterocycles. The molecule has 19 heavy (non-hydrogen) atoms. The lowest BCUT2D eigenvalue weighted by Crippen LogP contribution is -2.42. The fourth-order valence-electron chi connectivity index (χ4n) is 1.97. The molecule has 1 rings (SSSR count). The molecule has 0 radical (unpaired) electrons. The molecular formula is C13H19BrN2O3. The number of carbonyl (C=O) groups excluding carboxylic acids is 1. The van der Waals surface area contributed by atoms with E-state index in [1.165, 1.54) is 0 Å². The van der Waals surface area contributed by atoms with Crippen molar-refractivity contribution in [3.05, 3.63) is 22.4 Å². The monoisotopic (exact) mass is 330 g/mol. The van der Waals surface area contributed by atoms with E-state index in [-0.39, 0.29) is 12.5 Å². The maximum atomic E-state index is 12.0. The van der Waals surface area contributed by atoms with Crippen molar-refractivity contribution in [1.82, 2.24) is 9.88 Å². The molecule has 0 aliphatic carbocycles. The zero-order valence-corrected chi connectivity index (χ0v) is 13.0. The molecule has 0 unspecified atom stereocenters. The van der Waals surface area contributed by atoms with Gasteiger partial charge in [0.2, 0.25) is 0 Å². The number of aromatic nitrogens is 1. The Morgan fingerprint density at radius 1 is 1.42 bits per heavy atom. The Bertz CT molecular complexity index is 478. The molecule has 0 saturated carbocycles. The molecule has 5 nitrogen and oxygen atoms in total. The number of aryl methyl sites for hydroxylation is 1.